The molecule has 1 aliphatic heterocycles. The van der Waals surface area contributed by atoms with Gasteiger partial charge in [0.25, 0.3) is 5.91 Å². The fourth-order valence-electron chi connectivity index (χ4n) is 5.17. The molecular formula is C29H26N2O5. The third-order valence-electron chi connectivity index (χ3n) is 6.93. The van der Waals surface area contributed by atoms with Crippen LogP contribution in [-0.4, -0.2) is 30.3 Å². The molecule has 1 saturated carbocycles. The summed E-state index contributed by atoms with van der Waals surface area (Å²) in [7, 11) is 0. The smallest absolute Gasteiger partial charge is 0.338 e. The summed E-state index contributed by atoms with van der Waals surface area (Å²) in [5, 5.41) is 2.65. The van der Waals surface area contributed by atoms with Gasteiger partial charge >= 0.3 is 5.97 Å². The Morgan fingerprint density at radius 1 is 0.833 bits per heavy atom. The van der Waals surface area contributed by atoms with Crippen LogP contribution < -0.4 is 10.2 Å². The third-order valence-corrected chi connectivity index (χ3v) is 6.93. The molecule has 0 spiro atoms. The van der Waals surface area contributed by atoms with E-state index in [2.05, 4.69) is 17.4 Å². The third kappa shape index (κ3) is 4.77. The average molecular weight is 483 g/mol. The SMILES string of the molecule is O=C(COC(=O)c1cccc(N2C(=O)[C@@H]3CC[C@@H](c4ccccc4)C[C@H]3C2=O)c1)Nc1ccccc1. The topological polar surface area (TPSA) is 92.8 Å². The van der Waals surface area contributed by atoms with E-state index in [-0.39, 0.29) is 35.1 Å². The molecule has 5 rings (SSSR count). The molecule has 1 saturated heterocycles. The summed E-state index contributed by atoms with van der Waals surface area (Å²) >= 11 is 0. The number of hydrogen-bond donors (Lipinski definition) is 1. The van der Waals surface area contributed by atoms with Gasteiger partial charge in [-0.05, 0) is 61.1 Å². The number of nitrogens with one attached hydrogen (secondary N) is 1. The summed E-state index contributed by atoms with van der Waals surface area (Å²) < 4.78 is 5.15. The van der Waals surface area contributed by atoms with Gasteiger partial charge in [-0.1, -0.05) is 54.6 Å². The van der Waals surface area contributed by atoms with Crippen LogP contribution in [0.1, 0.15) is 41.1 Å². The number of hydrogen-bond acceptors (Lipinski definition) is 5. The number of carbonyl (C=O) groups is 4. The van der Waals surface area contributed by atoms with Crippen molar-refractivity contribution in [3.63, 3.8) is 0 Å². The van der Waals surface area contributed by atoms with E-state index in [0.29, 0.717) is 24.2 Å². The first kappa shape index (κ1) is 23.5. The zero-order valence-corrected chi connectivity index (χ0v) is 19.6. The number of carbonyl (C=O) groups excluding carboxylic acids is 4. The van der Waals surface area contributed by atoms with E-state index >= 15 is 0 Å². The lowest BCUT2D eigenvalue weighted by Crippen LogP contribution is -2.31. The molecule has 0 radical (unpaired) electrons. The van der Waals surface area contributed by atoms with Gasteiger partial charge in [-0.2, -0.15) is 0 Å². The molecule has 1 heterocycles. The Labute approximate surface area is 209 Å². The van der Waals surface area contributed by atoms with Gasteiger partial charge in [0, 0.05) is 5.69 Å². The molecule has 2 aliphatic rings. The fraction of sp³-hybridized carbons (Fsp3) is 0.241. The van der Waals surface area contributed by atoms with Gasteiger partial charge in [0.05, 0.1) is 23.1 Å². The molecule has 3 aromatic rings. The van der Waals surface area contributed by atoms with Crippen molar-refractivity contribution in [3.8, 4) is 0 Å². The first-order chi connectivity index (χ1) is 17.5. The van der Waals surface area contributed by atoms with Gasteiger partial charge in [-0.25, -0.2) is 4.79 Å². The van der Waals surface area contributed by atoms with Crippen LogP contribution in [0.2, 0.25) is 0 Å². The second-order valence-electron chi connectivity index (χ2n) is 9.19. The highest BCUT2D eigenvalue weighted by Crippen LogP contribution is 2.45. The van der Waals surface area contributed by atoms with E-state index in [1.807, 2.05) is 24.3 Å². The molecule has 2 fully saturated rings. The Balaban J connectivity index is 1.25. The van der Waals surface area contributed by atoms with Crippen LogP contribution in [0, 0.1) is 11.8 Å². The highest BCUT2D eigenvalue weighted by Gasteiger charge is 2.50. The maximum Gasteiger partial charge on any atom is 0.338 e. The van der Waals surface area contributed by atoms with E-state index < -0.39 is 18.5 Å². The molecule has 0 aromatic heterocycles. The molecule has 1 N–H and O–H groups in total. The number of esters is 1. The number of amides is 3. The van der Waals surface area contributed by atoms with E-state index in [1.54, 1.807) is 36.4 Å². The Kier molecular flexibility index (Phi) is 6.62. The summed E-state index contributed by atoms with van der Waals surface area (Å²) in [5.74, 6) is -2.08. The quantitative estimate of drug-likeness (QED) is 0.411. The van der Waals surface area contributed by atoms with Crippen LogP contribution in [0.25, 0.3) is 0 Å². The molecule has 3 atom stereocenters. The number of benzene rings is 3. The highest BCUT2D eigenvalue weighted by molar-refractivity contribution is 6.22. The van der Waals surface area contributed by atoms with E-state index in [9.17, 15) is 19.2 Å². The lowest BCUT2D eigenvalue weighted by atomic mass is 9.73. The van der Waals surface area contributed by atoms with Crippen molar-refractivity contribution in [2.24, 2.45) is 11.8 Å². The second-order valence-corrected chi connectivity index (χ2v) is 9.19. The molecule has 7 nitrogen and oxygen atoms in total. The van der Waals surface area contributed by atoms with Gasteiger partial charge in [-0.3, -0.25) is 19.3 Å². The summed E-state index contributed by atoms with van der Waals surface area (Å²) in [6.07, 6.45) is 2.15. The molecule has 7 heteroatoms. The van der Waals surface area contributed by atoms with Crippen LogP contribution in [0.5, 0.6) is 0 Å². The van der Waals surface area contributed by atoms with Crippen LogP contribution in [0.3, 0.4) is 0 Å². The van der Waals surface area contributed by atoms with Crippen molar-refractivity contribution in [3.05, 3.63) is 96.1 Å². The molecule has 36 heavy (non-hydrogen) atoms. The minimum absolute atomic E-state index is 0.164. The molecule has 3 aromatic carbocycles. The Bertz CT molecular complexity index is 1290. The van der Waals surface area contributed by atoms with E-state index in [1.165, 1.54) is 22.6 Å². The van der Waals surface area contributed by atoms with E-state index in [4.69, 9.17) is 4.74 Å². The monoisotopic (exact) mass is 482 g/mol. The second kappa shape index (κ2) is 10.2. The zero-order valence-electron chi connectivity index (χ0n) is 19.6. The normalized spacial score (nSPS) is 21.1. The Morgan fingerprint density at radius 3 is 2.28 bits per heavy atom. The van der Waals surface area contributed by atoms with Crippen molar-refractivity contribution in [1.29, 1.82) is 0 Å². The van der Waals surface area contributed by atoms with Gasteiger partial charge in [-0.15, -0.1) is 0 Å². The lowest BCUT2D eigenvalue weighted by Gasteiger charge is -2.28. The Morgan fingerprint density at radius 2 is 1.53 bits per heavy atom. The molecule has 0 unspecified atom stereocenters. The maximum absolute atomic E-state index is 13.3. The minimum Gasteiger partial charge on any atom is -0.452 e. The number of imide groups is 1. The number of rotatable bonds is 6. The van der Waals surface area contributed by atoms with Gasteiger partial charge in [0.1, 0.15) is 0 Å². The number of anilines is 2. The summed E-state index contributed by atoms with van der Waals surface area (Å²) in [6, 6.07) is 25.2. The lowest BCUT2D eigenvalue weighted by molar-refractivity contribution is -0.122. The summed E-state index contributed by atoms with van der Waals surface area (Å²) in [6.45, 7) is -0.454. The molecule has 0 bridgehead atoms. The van der Waals surface area contributed by atoms with Crippen molar-refractivity contribution < 1.29 is 23.9 Å². The maximum atomic E-state index is 13.3. The number of nitrogens with zero attached hydrogens (tertiary/aromatic N) is 1. The van der Waals surface area contributed by atoms with Gasteiger partial charge < -0.3 is 10.1 Å². The predicted octanol–water partition coefficient (Wildman–Crippen LogP) is 4.56. The first-order valence-electron chi connectivity index (χ1n) is 12.1. The molecule has 1 aliphatic carbocycles. The van der Waals surface area contributed by atoms with Crippen molar-refractivity contribution >= 4 is 35.1 Å². The van der Waals surface area contributed by atoms with Crippen LogP contribution in [-0.2, 0) is 19.1 Å². The van der Waals surface area contributed by atoms with Crippen molar-refractivity contribution in [2.75, 3.05) is 16.8 Å². The fourth-order valence-corrected chi connectivity index (χ4v) is 5.17. The van der Waals surface area contributed by atoms with E-state index in [0.717, 1.165) is 6.42 Å². The van der Waals surface area contributed by atoms with Crippen molar-refractivity contribution in [2.45, 2.75) is 25.2 Å². The largest absolute Gasteiger partial charge is 0.452 e. The molecule has 3 amide bonds. The number of para-hydroxylation sites is 1. The zero-order chi connectivity index (χ0) is 25.1. The molecular weight excluding hydrogens is 456 g/mol. The molecule has 182 valence electrons. The Hall–Kier alpha value is -4.26. The van der Waals surface area contributed by atoms with Crippen LogP contribution in [0.4, 0.5) is 11.4 Å². The van der Waals surface area contributed by atoms with Gasteiger partial charge in [0.15, 0.2) is 6.61 Å². The van der Waals surface area contributed by atoms with Crippen LogP contribution in [0.15, 0.2) is 84.9 Å². The number of ether oxygens (including phenoxy) is 1. The highest BCUT2D eigenvalue weighted by atomic mass is 16.5. The summed E-state index contributed by atoms with van der Waals surface area (Å²) in [5.41, 5.74) is 2.30. The standard InChI is InChI=1S/C29H26N2O5/c32-26(30-22-11-5-2-6-12-22)18-36-29(35)21-10-7-13-23(16-21)31-27(33)24-15-14-20(17-25(24)28(31)34)19-8-3-1-4-9-19/h1-13,16,20,24-25H,14-15,17-18H2,(H,30,32)/t20-,24-,25-/m1/s1. The predicted molar refractivity (Wildman–Crippen MR) is 134 cm³/mol. The van der Waals surface area contributed by atoms with Crippen molar-refractivity contribution in [1.82, 2.24) is 0 Å². The van der Waals surface area contributed by atoms with Gasteiger partial charge in [0.2, 0.25) is 11.8 Å². The van der Waals surface area contributed by atoms with Crippen LogP contribution >= 0.6 is 0 Å². The average Bonchev–Trinajstić information content (AvgIpc) is 3.17. The minimum atomic E-state index is -0.708. The summed E-state index contributed by atoms with van der Waals surface area (Å²) in [4.78, 5) is 52.4. The first-order valence-corrected chi connectivity index (χ1v) is 12.1. The number of fused-ring (bicyclic) bond motifs is 1.